The van der Waals surface area contributed by atoms with Crippen molar-refractivity contribution in [3.63, 3.8) is 0 Å². The van der Waals surface area contributed by atoms with Gasteiger partial charge in [0.25, 0.3) is 0 Å². The third-order valence-electron chi connectivity index (χ3n) is 4.77. The summed E-state index contributed by atoms with van der Waals surface area (Å²) < 4.78 is 12.6. The zero-order chi connectivity index (χ0) is 20.0. The molecule has 0 bridgehead atoms. The van der Waals surface area contributed by atoms with Gasteiger partial charge in [-0.25, -0.2) is 4.79 Å². The second-order valence-electron chi connectivity index (χ2n) is 6.67. The Hall–Kier alpha value is -1.25. The first-order valence-corrected chi connectivity index (χ1v) is 10.8. The van der Waals surface area contributed by atoms with Gasteiger partial charge in [0.2, 0.25) is 5.60 Å². The highest BCUT2D eigenvalue weighted by Crippen LogP contribution is 2.33. The Bertz CT molecular complexity index is 728. The molecule has 1 N–H and O–H groups in total. The highest BCUT2D eigenvalue weighted by Gasteiger charge is 2.41. The number of aliphatic hydroxyl groups is 1. The van der Waals surface area contributed by atoms with E-state index in [0.29, 0.717) is 17.5 Å². The van der Waals surface area contributed by atoms with Crippen molar-refractivity contribution in [3.8, 4) is 0 Å². The minimum absolute atomic E-state index is 0.256. The number of hydrogen-bond acceptors (Lipinski definition) is 5. The van der Waals surface area contributed by atoms with Crippen molar-refractivity contribution in [2.45, 2.75) is 12.0 Å². The number of halogens is 2. The highest BCUT2D eigenvalue weighted by atomic mass is 79.9. The predicted octanol–water partition coefficient (Wildman–Crippen LogP) is 3.71. The normalized spacial score (nSPS) is 15.4. The Labute approximate surface area is 181 Å². The maximum absolute atomic E-state index is 13.0. The van der Waals surface area contributed by atoms with E-state index in [1.807, 2.05) is 0 Å². The largest absolute Gasteiger partial charge is 0.463 e. The number of ether oxygens (including phenoxy) is 2. The first kappa shape index (κ1) is 21.5. The molecule has 0 aliphatic carbocycles. The van der Waals surface area contributed by atoms with Gasteiger partial charge in [-0.2, -0.15) is 0 Å². The molecule has 2 aromatic rings. The van der Waals surface area contributed by atoms with Crippen LogP contribution in [0.15, 0.2) is 57.5 Å². The second-order valence-corrected chi connectivity index (χ2v) is 8.50. The summed E-state index contributed by atoms with van der Waals surface area (Å²) in [6, 6.07) is 14.1. The molecule has 150 valence electrons. The lowest BCUT2D eigenvalue weighted by atomic mass is 9.86. The van der Waals surface area contributed by atoms with E-state index in [1.54, 1.807) is 48.5 Å². The molecule has 0 amide bonds. The van der Waals surface area contributed by atoms with Crippen LogP contribution in [0.2, 0.25) is 0 Å². The lowest BCUT2D eigenvalue weighted by molar-refractivity contribution is -0.162. The van der Waals surface area contributed by atoms with Crippen molar-refractivity contribution in [3.05, 3.63) is 68.6 Å². The quantitative estimate of drug-likeness (QED) is 0.452. The standard InChI is InChI=1S/C21H23Br2NO4/c22-18-6-2-16(3-7-18)21(26,17-4-8-19(23)9-5-17)20(25)28-13-1-10-24-11-14-27-15-12-24/h2-9,26H,1,10-15H2. The summed E-state index contributed by atoms with van der Waals surface area (Å²) >= 11 is 6.77. The fraction of sp³-hybridized carbons (Fsp3) is 0.381. The van der Waals surface area contributed by atoms with Gasteiger partial charge < -0.3 is 14.6 Å². The topological polar surface area (TPSA) is 59.0 Å². The van der Waals surface area contributed by atoms with Crippen LogP contribution >= 0.6 is 31.9 Å². The monoisotopic (exact) mass is 511 g/mol. The van der Waals surface area contributed by atoms with Crippen LogP contribution in [-0.4, -0.2) is 55.4 Å². The molecule has 0 atom stereocenters. The molecule has 3 rings (SSSR count). The van der Waals surface area contributed by atoms with Crippen LogP contribution < -0.4 is 0 Å². The molecule has 1 heterocycles. The van der Waals surface area contributed by atoms with E-state index in [2.05, 4.69) is 36.8 Å². The molecule has 0 unspecified atom stereocenters. The molecule has 0 saturated carbocycles. The molecule has 28 heavy (non-hydrogen) atoms. The number of carbonyl (C=O) groups excluding carboxylic acids is 1. The van der Waals surface area contributed by atoms with Crippen LogP contribution in [0.4, 0.5) is 0 Å². The molecule has 7 heteroatoms. The fourth-order valence-electron chi connectivity index (χ4n) is 3.17. The van der Waals surface area contributed by atoms with Gasteiger partial charge >= 0.3 is 5.97 Å². The average molecular weight is 513 g/mol. The van der Waals surface area contributed by atoms with E-state index < -0.39 is 11.6 Å². The Morgan fingerprint density at radius 3 is 2.00 bits per heavy atom. The Balaban J connectivity index is 1.71. The number of rotatable bonds is 7. The van der Waals surface area contributed by atoms with Crippen LogP contribution in [0.25, 0.3) is 0 Å². The van der Waals surface area contributed by atoms with Crippen LogP contribution in [-0.2, 0) is 19.9 Å². The summed E-state index contributed by atoms with van der Waals surface area (Å²) in [5, 5.41) is 11.4. The van der Waals surface area contributed by atoms with Gasteiger partial charge in [0, 0.05) is 28.6 Å². The van der Waals surface area contributed by atoms with E-state index in [4.69, 9.17) is 9.47 Å². The smallest absolute Gasteiger partial charge is 0.347 e. The summed E-state index contributed by atoms with van der Waals surface area (Å²) in [4.78, 5) is 15.2. The van der Waals surface area contributed by atoms with Crippen molar-refractivity contribution in [1.29, 1.82) is 0 Å². The zero-order valence-electron chi connectivity index (χ0n) is 15.4. The fourth-order valence-corrected chi connectivity index (χ4v) is 3.70. The predicted molar refractivity (Wildman–Crippen MR) is 114 cm³/mol. The maximum Gasteiger partial charge on any atom is 0.347 e. The molecule has 1 aliphatic heterocycles. The van der Waals surface area contributed by atoms with Gasteiger partial charge in [0.1, 0.15) is 0 Å². The summed E-state index contributed by atoms with van der Waals surface area (Å²) in [5.41, 5.74) is -0.923. The zero-order valence-corrected chi connectivity index (χ0v) is 18.6. The number of carbonyl (C=O) groups is 1. The number of morpholine rings is 1. The van der Waals surface area contributed by atoms with Crippen molar-refractivity contribution < 1.29 is 19.4 Å². The molecule has 0 radical (unpaired) electrons. The van der Waals surface area contributed by atoms with E-state index in [-0.39, 0.29) is 6.61 Å². The lowest BCUT2D eigenvalue weighted by Gasteiger charge is -2.28. The number of hydrogen-bond donors (Lipinski definition) is 1. The molecule has 0 aromatic heterocycles. The molecule has 0 spiro atoms. The number of nitrogens with zero attached hydrogens (tertiary/aromatic N) is 1. The minimum atomic E-state index is -1.86. The van der Waals surface area contributed by atoms with Crippen LogP contribution in [0, 0.1) is 0 Å². The molecule has 5 nitrogen and oxygen atoms in total. The average Bonchev–Trinajstić information content (AvgIpc) is 2.72. The Kier molecular flexibility index (Phi) is 7.65. The summed E-state index contributed by atoms with van der Waals surface area (Å²) in [6.45, 7) is 4.38. The third-order valence-corrected chi connectivity index (χ3v) is 5.83. The first-order valence-electron chi connectivity index (χ1n) is 9.22. The number of benzene rings is 2. The summed E-state index contributed by atoms with van der Waals surface area (Å²) in [7, 11) is 0. The highest BCUT2D eigenvalue weighted by molar-refractivity contribution is 9.10. The minimum Gasteiger partial charge on any atom is -0.463 e. The van der Waals surface area contributed by atoms with Crippen molar-refractivity contribution >= 4 is 37.8 Å². The first-order chi connectivity index (χ1) is 13.5. The molecule has 1 fully saturated rings. The number of esters is 1. The van der Waals surface area contributed by atoms with Crippen LogP contribution in [0.1, 0.15) is 17.5 Å². The molecule has 1 aliphatic rings. The van der Waals surface area contributed by atoms with Gasteiger partial charge in [-0.05, 0) is 41.8 Å². The van der Waals surface area contributed by atoms with Crippen molar-refractivity contribution in [2.75, 3.05) is 39.5 Å². The van der Waals surface area contributed by atoms with Crippen molar-refractivity contribution in [2.24, 2.45) is 0 Å². The van der Waals surface area contributed by atoms with Gasteiger partial charge in [0.15, 0.2) is 0 Å². The maximum atomic E-state index is 13.0. The molecular weight excluding hydrogens is 490 g/mol. The molecular formula is C21H23Br2NO4. The van der Waals surface area contributed by atoms with E-state index in [1.165, 1.54) is 0 Å². The lowest BCUT2D eigenvalue weighted by Crippen LogP contribution is -2.39. The van der Waals surface area contributed by atoms with E-state index in [9.17, 15) is 9.90 Å². The summed E-state index contributed by atoms with van der Waals surface area (Å²) in [6.07, 6.45) is 0.711. The Morgan fingerprint density at radius 1 is 1.00 bits per heavy atom. The molecule has 2 aromatic carbocycles. The second kappa shape index (κ2) is 9.98. The van der Waals surface area contributed by atoms with Crippen LogP contribution in [0.3, 0.4) is 0 Å². The SMILES string of the molecule is O=C(OCCCN1CCOCC1)C(O)(c1ccc(Br)cc1)c1ccc(Br)cc1. The summed E-state index contributed by atoms with van der Waals surface area (Å²) in [5.74, 6) is -0.667. The Morgan fingerprint density at radius 2 is 1.50 bits per heavy atom. The van der Waals surface area contributed by atoms with E-state index in [0.717, 1.165) is 41.8 Å². The third kappa shape index (κ3) is 5.21. The van der Waals surface area contributed by atoms with Crippen molar-refractivity contribution in [1.82, 2.24) is 4.90 Å². The van der Waals surface area contributed by atoms with Gasteiger partial charge in [-0.3, -0.25) is 4.90 Å². The van der Waals surface area contributed by atoms with Gasteiger partial charge in [0.05, 0.1) is 19.8 Å². The van der Waals surface area contributed by atoms with E-state index >= 15 is 0 Å². The molecule has 1 saturated heterocycles. The van der Waals surface area contributed by atoms with Gasteiger partial charge in [-0.15, -0.1) is 0 Å². The van der Waals surface area contributed by atoms with Crippen LogP contribution in [0.5, 0.6) is 0 Å². The van der Waals surface area contributed by atoms with Gasteiger partial charge in [-0.1, -0.05) is 56.1 Å².